The van der Waals surface area contributed by atoms with Gasteiger partial charge in [-0.05, 0) is 42.3 Å². The SMILES string of the molecule is COc1cc2c(cc1O)[C@@H](Cc1ccccc1)N(C)C[C@@H]2O. The van der Waals surface area contributed by atoms with Crippen LogP contribution in [0.1, 0.15) is 28.8 Å². The lowest BCUT2D eigenvalue weighted by atomic mass is 9.87. The van der Waals surface area contributed by atoms with Crippen molar-refractivity contribution in [2.75, 3.05) is 20.7 Å². The highest BCUT2D eigenvalue weighted by Crippen LogP contribution is 2.41. The van der Waals surface area contributed by atoms with Gasteiger partial charge in [-0.25, -0.2) is 0 Å². The van der Waals surface area contributed by atoms with Crippen molar-refractivity contribution in [2.45, 2.75) is 18.6 Å². The lowest BCUT2D eigenvalue weighted by Crippen LogP contribution is -2.36. The molecule has 0 aliphatic carbocycles. The molecule has 22 heavy (non-hydrogen) atoms. The number of β-amino-alcohol motifs (C(OH)–C–C–N with tert-alkyl or cyclic N) is 1. The van der Waals surface area contributed by atoms with Crippen molar-refractivity contribution in [1.82, 2.24) is 4.90 Å². The van der Waals surface area contributed by atoms with Crippen molar-refractivity contribution < 1.29 is 14.9 Å². The van der Waals surface area contributed by atoms with Crippen molar-refractivity contribution >= 4 is 0 Å². The molecule has 0 aromatic heterocycles. The van der Waals surface area contributed by atoms with E-state index in [0.717, 1.165) is 17.5 Å². The summed E-state index contributed by atoms with van der Waals surface area (Å²) in [4.78, 5) is 2.13. The number of phenols is 1. The molecule has 2 N–H and O–H groups in total. The van der Waals surface area contributed by atoms with Gasteiger partial charge in [-0.3, -0.25) is 4.90 Å². The van der Waals surface area contributed by atoms with E-state index in [1.165, 1.54) is 12.7 Å². The van der Waals surface area contributed by atoms with Crippen LogP contribution in [0, 0.1) is 0 Å². The highest BCUT2D eigenvalue weighted by Gasteiger charge is 2.31. The zero-order valence-electron chi connectivity index (χ0n) is 12.9. The van der Waals surface area contributed by atoms with Crippen LogP contribution in [0.25, 0.3) is 0 Å². The molecule has 0 spiro atoms. The first-order valence-electron chi connectivity index (χ1n) is 7.43. The number of aromatic hydroxyl groups is 1. The lowest BCUT2D eigenvalue weighted by molar-refractivity contribution is 0.0832. The quantitative estimate of drug-likeness (QED) is 0.915. The van der Waals surface area contributed by atoms with E-state index in [4.69, 9.17) is 4.74 Å². The zero-order chi connectivity index (χ0) is 15.7. The van der Waals surface area contributed by atoms with Crippen molar-refractivity contribution in [2.24, 2.45) is 0 Å². The smallest absolute Gasteiger partial charge is 0.160 e. The molecule has 2 aromatic carbocycles. The summed E-state index contributed by atoms with van der Waals surface area (Å²) in [7, 11) is 3.52. The van der Waals surface area contributed by atoms with Crippen LogP contribution in [0.3, 0.4) is 0 Å². The molecule has 2 atom stereocenters. The number of ether oxygens (including phenoxy) is 1. The monoisotopic (exact) mass is 299 g/mol. The third-order valence-electron chi connectivity index (χ3n) is 4.37. The van der Waals surface area contributed by atoms with Crippen molar-refractivity contribution in [1.29, 1.82) is 0 Å². The van der Waals surface area contributed by atoms with E-state index in [1.807, 2.05) is 25.2 Å². The molecule has 3 rings (SSSR count). The fourth-order valence-corrected chi connectivity index (χ4v) is 3.18. The largest absolute Gasteiger partial charge is 0.504 e. The van der Waals surface area contributed by atoms with Crippen LogP contribution in [-0.2, 0) is 6.42 Å². The van der Waals surface area contributed by atoms with Gasteiger partial charge in [-0.15, -0.1) is 0 Å². The van der Waals surface area contributed by atoms with Crippen molar-refractivity contribution in [3.63, 3.8) is 0 Å². The number of fused-ring (bicyclic) bond motifs is 1. The Morgan fingerprint density at radius 2 is 1.91 bits per heavy atom. The van der Waals surface area contributed by atoms with Crippen LogP contribution in [-0.4, -0.2) is 35.8 Å². The Balaban J connectivity index is 2.01. The average molecular weight is 299 g/mol. The molecule has 0 bridgehead atoms. The summed E-state index contributed by atoms with van der Waals surface area (Å²) in [5, 5.41) is 20.4. The third-order valence-corrected chi connectivity index (χ3v) is 4.37. The summed E-state index contributed by atoms with van der Waals surface area (Å²) in [6.45, 7) is 0.568. The summed E-state index contributed by atoms with van der Waals surface area (Å²) in [6.07, 6.45) is 0.268. The minimum Gasteiger partial charge on any atom is -0.504 e. The van der Waals surface area contributed by atoms with Gasteiger partial charge in [-0.2, -0.15) is 0 Å². The number of benzene rings is 2. The third kappa shape index (κ3) is 2.67. The molecule has 0 unspecified atom stereocenters. The second-order valence-electron chi connectivity index (χ2n) is 5.81. The number of rotatable bonds is 3. The highest BCUT2D eigenvalue weighted by atomic mass is 16.5. The van der Waals surface area contributed by atoms with Crippen LogP contribution < -0.4 is 4.74 Å². The molecular formula is C18H21NO3. The number of hydrogen-bond acceptors (Lipinski definition) is 4. The van der Waals surface area contributed by atoms with Gasteiger partial charge in [0, 0.05) is 12.6 Å². The van der Waals surface area contributed by atoms with Crippen LogP contribution in [0.5, 0.6) is 11.5 Å². The first-order valence-corrected chi connectivity index (χ1v) is 7.43. The molecule has 4 heteroatoms. The molecule has 0 fully saturated rings. The molecule has 1 aliphatic heterocycles. The predicted molar refractivity (Wildman–Crippen MR) is 85.1 cm³/mol. The molecule has 0 saturated carbocycles. The number of aliphatic hydroxyl groups excluding tert-OH is 1. The van der Waals surface area contributed by atoms with Crippen LogP contribution >= 0.6 is 0 Å². The Bertz CT molecular complexity index is 657. The van der Waals surface area contributed by atoms with Gasteiger partial charge in [0.1, 0.15) is 0 Å². The Morgan fingerprint density at radius 1 is 1.18 bits per heavy atom. The summed E-state index contributed by atoms with van der Waals surface area (Å²) >= 11 is 0. The highest BCUT2D eigenvalue weighted by molar-refractivity contribution is 5.49. The Hall–Kier alpha value is -2.04. The van der Waals surface area contributed by atoms with Gasteiger partial charge in [0.2, 0.25) is 0 Å². The topological polar surface area (TPSA) is 52.9 Å². The summed E-state index contributed by atoms with van der Waals surface area (Å²) in [5.41, 5.74) is 3.04. The van der Waals surface area contributed by atoms with Crippen molar-refractivity contribution in [3.05, 3.63) is 59.2 Å². The van der Waals surface area contributed by atoms with E-state index in [1.54, 1.807) is 12.1 Å². The van der Waals surface area contributed by atoms with E-state index in [-0.39, 0.29) is 11.8 Å². The zero-order valence-corrected chi connectivity index (χ0v) is 12.9. The Morgan fingerprint density at radius 3 is 2.59 bits per heavy atom. The molecule has 2 aromatic rings. The summed E-state index contributed by atoms with van der Waals surface area (Å²) in [5.74, 6) is 0.516. The Kier molecular flexibility index (Phi) is 4.05. The van der Waals surface area contributed by atoms with Crippen molar-refractivity contribution in [3.8, 4) is 11.5 Å². The van der Waals surface area contributed by atoms with Gasteiger partial charge in [-0.1, -0.05) is 30.3 Å². The normalized spacial score (nSPS) is 21.4. The van der Waals surface area contributed by atoms with Gasteiger partial charge in [0.15, 0.2) is 11.5 Å². The second kappa shape index (κ2) is 5.99. The maximum Gasteiger partial charge on any atom is 0.160 e. The lowest BCUT2D eigenvalue weighted by Gasteiger charge is -2.37. The number of aliphatic hydroxyl groups is 1. The fourth-order valence-electron chi connectivity index (χ4n) is 3.18. The van der Waals surface area contributed by atoms with Gasteiger partial charge in [0.05, 0.1) is 13.2 Å². The van der Waals surface area contributed by atoms with Gasteiger partial charge >= 0.3 is 0 Å². The average Bonchev–Trinajstić information content (AvgIpc) is 2.52. The maximum absolute atomic E-state index is 10.3. The second-order valence-corrected chi connectivity index (χ2v) is 5.81. The molecule has 1 heterocycles. The van der Waals surface area contributed by atoms with E-state index >= 15 is 0 Å². The van der Waals surface area contributed by atoms with Crippen LogP contribution in [0.15, 0.2) is 42.5 Å². The Labute approximate surface area is 130 Å². The van der Waals surface area contributed by atoms with E-state index in [2.05, 4.69) is 17.0 Å². The van der Waals surface area contributed by atoms with E-state index in [0.29, 0.717) is 12.3 Å². The molecule has 4 nitrogen and oxygen atoms in total. The molecular weight excluding hydrogens is 278 g/mol. The summed E-state index contributed by atoms with van der Waals surface area (Å²) in [6, 6.07) is 13.9. The van der Waals surface area contributed by atoms with E-state index < -0.39 is 6.10 Å². The van der Waals surface area contributed by atoms with Gasteiger partial charge in [0.25, 0.3) is 0 Å². The van der Waals surface area contributed by atoms with Crippen LogP contribution in [0.4, 0.5) is 0 Å². The molecule has 0 amide bonds. The van der Waals surface area contributed by atoms with E-state index in [9.17, 15) is 10.2 Å². The number of likely N-dealkylation sites (N-methyl/N-ethyl adjacent to an activating group) is 1. The number of hydrogen-bond donors (Lipinski definition) is 2. The first-order chi connectivity index (χ1) is 10.6. The predicted octanol–water partition coefficient (Wildman–Crippen LogP) is 2.66. The minimum atomic E-state index is -0.568. The number of methoxy groups -OCH3 is 1. The van der Waals surface area contributed by atoms with Gasteiger partial charge < -0.3 is 14.9 Å². The number of phenolic OH excluding ortho intramolecular Hbond substituents is 1. The molecule has 0 saturated heterocycles. The molecule has 1 aliphatic rings. The minimum absolute atomic E-state index is 0.113. The first kappa shape index (κ1) is 14.9. The standard InChI is InChI=1S/C18H21NO3/c1-19-11-17(21)14-10-18(22-2)16(20)9-13(14)15(19)8-12-6-4-3-5-7-12/h3-7,9-10,15,17,20-21H,8,11H2,1-2H3/t15-,17+/m1/s1. The number of nitrogens with zero attached hydrogens (tertiary/aromatic N) is 1. The summed E-state index contributed by atoms with van der Waals surface area (Å²) < 4.78 is 5.17. The molecule has 0 radical (unpaired) electrons. The molecule has 116 valence electrons. The fraction of sp³-hybridized carbons (Fsp3) is 0.333. The van der Waals surface area contributed by atoms with Crippen LogP contribution in [0.2, 0.25) is 0 Å². The maximum atomic E-state index is 10.3.